The largest absolute Gasteiger partial charge is 0.485 e. The highest BCUT2D eigenvalue weighted by molar-refractivity contribution is 5.72. The molecule has 2 heterocycles. The highest BCUT2D eigenvalue weighted by Gasteiger charge is 2.06. The van der Waals surface area contributed by atoms with Gasteiger partial charge in [0.05, 0.1) is 5.39 Å². The topological polar surface area (TPSA) is 67.9 Å². The van der Waals surface area contributed by atoms with Crippen LogP contribution in [-0.4, -0.2) is 15.0 Å². The summed E-state index contributed by atoms with van der Waals surface area (Å²) in [6.07, 6.45) is 1.62. The summed E-state index contributed by atoms with van der Waals surface area (Å²) in [5.41, 5.74) is 2.47. The van der Waals surface area contributed by atoms with Crippen LogP contribution >= 0.6 is 0 Å². The number of nitrogens with zero attached hydrogens (tertiary/aromatic N) is 2. The van der Waals surface area contributed by atoms with Crippen LogP contribution in [0.25, 0.3) is 11.0 Å². The second kappa shape index (κ2) is 5.36. The number of fused-ring (bicyclic) bond motifs is 1. The van der Waals surface area contributed by atoms with Gasteiger partial charge in [0.25, 0.3) is 5.56 Å². The summed E-state index contributed by atoms with van der Waals surface area (Å²) in [5.74, 6) is 1.26. The molecule has 0 radical (unpaired) electrons. The van der Waals surface area contributed by atoms with Crippen LogP contribution in [-0.2, 0) is 6.61 Å². The first-order valence-corrected chi connectivity index (χ1v) is 6.68. The Bertz CT molecular complexity index is 856. The van der Waals surface area contributed by atoms with E-state index in [2.05, 4.69) is 15.0 Å². The van der Waals surface area contributed by atoms with E-state index in [1.807, 2.05) is 32.0 Å². The first kappa shape index (κ1) is 13.3. The molecule has 0 aliphatic rings. The van der Waals surface area contributed by atoms with Gasteiger partial charge in [-0.2, -0.15) is 0 Å². The van der Waals surface area contributed by atoms with Crippen LogP contribution in [0.5, 0.6) is 5.75 Å². The molecule has 2 aromatic heterocycles. The number of rotatable bonds is 3. The summed E-state index contributed by atoms with van der Waals surface area (Å²) in [6.45, 7) is 4.23. The predicted octanol–water partition coefficient (Wildman–Crippen LogP) is 2.51. The fraction of sp³-hybridized carbons (Fsp3) is 0.188. The van der Waals surface area contributed by atoms with Gasteiger partial charge in [0, 0.05) is 6.20 Å². The second-order valence-corrected chi connectivity index (χ2v) is 4.87. The van der Waals surface area contributed by atoms with E-state index in [-0.39, 0.29) is 12.2 Å². The van der Waals surface area contributed by atoms with Gasteiger partial charge in [0.1, 0.15) is 18.2 Å². The lowest BCUT2D eigenvalue weighted by Crippen LogP contribution is -2.14. The average Bonchev–Trinajstić information content (AvgIpc) is 2.49. The first-order valence-electron chi connectivity index (χ1n) is 6.68. The Balaban J connectivity index is 1.89. The number of aromatic nitrogens is 3. The molecule has 0 atom stereocenters. The number of aromatic amines is 1. The molecule has 0 saturated carbocycles. The fourth-order valence-electron chi connectivity index (χ4n) is 2.11. The Morgan fingerprint density at radius 3 is 2.90 bits per heavy atom. The van der Waals surface area contributed by atoms with Crippen LogP contribution in [0.1, 0.15) is 17.0 Å². The van der Waals surface area contributed by atoms with E-state index in [1.54, 1.807) is 18.3 Å². The second-order valence-electron chi connectivity index (χ2n) is 4.87. The molecule has 3 rings (SSSR count). The number of aryl methyl sites for hydroxylation is 1. The average molecular weight is 281 g/mol. The lowest BCUT2D eigenvalue weighted by molar-refractivity contribution is 0.293. The Morgan fingerprint density at radius 2 is 2.05 bits per heavy atom. The third-order valence-electron chi connectivity index (χ3n) is 3.45. The highest BCUT2D eigenvalue weighted by Crippen LogP contribution is 2.21. The maximum Gasteiger partial charge on any atom is 0.260 e. The third-order valence-corrected chi connectivity index (χ3v) is 3.45. The Hall–Kier alpha value is -2.69. The van der Waals surface area contributed by atoms with Crippen molar-refractivity contribution < 1.29 is 4.74 Å². The van der Waals surface area contributed by atoms with Gasteiger partial charge >= 0.3 is 0 Å². The smallest absolute Gasteiger partial charge is 0.260 e. The van der Waals surface area contributed by atoms with Gasteiger partial charge in [0.15, 0.2) is 5.65 Å². The van der Waals surface area contributed by atoms with Gasteiger partial charge in [-0.3, -0.25) is 4.79 Å². The van der Waals surface area contributed by atoms with Crippen molar-refractivity contribution in [1.29, 1.82) is 0 Å². The minimum absolute atomic E-state index is 0.200. The van der Waals surface area contributed by atoms with E-state index in [9.17, 15) is 4.79 Å². The van der Waals surface area contributed by atoms with Gasteiger partial charge in [-0.15, -0.1) is 0 Å². The quantitative estimate of drug-likeness (QED) is 0.801. The molecular weight excluding hydrogens is 266 g/mol. The van der Waals surface area contributed by atoms with E-state index < -0.39 is 0 Å². The number of nitrogens with one attached hydrogen (secondary N) is 1. The Morgan fingerprint density at radius 1 is 1.19 bits per heavy atom. The summed E-state index contributed by atoms with van der Waals surface area (Å²) in [5, 5.41) is 0.480. The summed E-state index contributed by atoms with van der Waals surface area (Å²) in [6, 6.07) is 9.28. The normalized spacial score (nSPS) is 10.8. The number of hydrogen-bond acceptors (Lipinski definition) is 4. The zero-order valence-electron chi connectivity index (χ0n) is 11.9. The SMILES string of the molecule is Cc1cccc(OCc2nc3ncccc3c(=O)[nH]2)c1C. The van der Waals surface area contributed by atoms with Crippen LogP contribution in [0.2, 0.25) is 0 Å². The first-order chi connectivity index (χ1) is 10.1. The van der Waals surface area contributed by atoms with Gasteiger partial charge < -0.3 is 9.72 Å². The molecular formula is C16H15N3O2. The van der Waals surface area contributed by atoms with E-state index in [4.69, 9.17) is 4.74 Å². The van der Waals surface area contributed by atoms with Crippen LogP contribution in [0.4, 0.5) is 0 Å². The van der Waals surface area contributed by atoms with Crippen molar-refractivity contribution in [2.75, 3.05) is 0 Å². The lowest BCUT2D eigenvalue weighted by atomic mass is 10.1. The minimum Gasteiger partial charge on any atom is -0.485 e. The van der Waals surface area contributed by atoms with Crippen molar-refractivity contribution in [2.24, 2.45) is 0 Å². The maximum atomic E-state index is 11.9. The lowest BCUT2D eigenvalue weighted by Gasteiger charge is -2.10. The molecule has 0 spiro atoms. The van der Waals surface area contributed by atoms with E-state index in [0.717, 1.165) is 16.9 Å². The monoisotopic (exact) mass is 281 g/mol. The molecule has 5 heteroatoms. The van der Waals surface area contributed by atoms with Crippen molar-refractivity contribution >= 4 is 11.0 Å². The molecule has 0 saturated heterocycles. The molecule has 0 unspecified atom stereocenters. The molecule has 0 fully saturated rings. The molecule has 0 amide bonds. The molecule has 5 nitrogen and oxygen atoms in total. The van der Waals surface area contributed by atoms with Crippen molar-refractivity contribution in [3.63, 3.8) is 0 Å². The van der Waals surface area contributed by atoms with Gasteiger partial charge in [-0.05, 0) is 43.2 Å². The van der Waals surface area contributed by atoms with E-state index in [0.29, 0.717) is 16.9 Å². The number of H-pyrrole nitrogens is 1. The molecule has 0 bridgehead atoms. The summed E-state index contributed by atoms with van der Waals surface area (Å²) in [7, 11) is 0. The molecule has 21 heavy (non-hydrogen) atoms. The molecule has 0 aliphatic carbocycles. The van der Waals surface area contributed by atoms with Crippen LogP contribution in [0.3, 0.4) is 0 Å². The molecule has 0 aliphatic heterocycles. The molecule has 106 valence electrons. The molecule has 3 aromatic rings. The van der Waals surface area contributed by atoms with Gasteiger partial charge in [-0.25, -0.2) is 9.97 Å². The van der Waals surface area contributed by atoms with Crippen LogP contribution < -0.4 is 10.3 Å². The Labute approximate surface area is 121 Å². The maximum absolute atomic E-state index is 11.9. The van der Waals surface area contributed by atoms with E-state index in [1.165, 1.54) is 0 Å². The predicted molar refractivity (Wildman–Crippen MR) is 80.4 cm³/mol. The zero-order chi connectivity index (χ0) is 14.8. The number of ether oxygens (including phenoxy) is 1. The number of pyridine rings is 1. The van der Waals surface area contributed by atoms with Crippen molar-refractivity contribution in [3.05, 3.63) is 63.8 Å². The van der Waals surface area contributed by atoms with Gasteiger partial charge in [-0.1, -0.05) is 12.1 Å². The highest BCUT2D eigenvalue weighted by atomic mass is 16.5. The minimum atomic E-state index is -0.201. The molecule has 1 N–H and O–H groups in total. The number of hydrogen-bond donors (Lipinski definition) is 1. The summed E-state index contributed by atoms with van der Waals surface area (Å²) >= 11 is 0. The zero-order valence-corrected chi connectivity index (χ0v) is 11.9. The third kappa shape index (κ3) is 2.63. The van der Waals surface area contributed by atoms with Crippen molar-refractivity contribution in [3.8, 4) is 5.75 Å². The summed E-state index contributed by atoms with van der Waals surface area (Å²) < 4.78 is 5.75. The molecule has 1 aromatic carbocycles. The van der Waals surface area contributed by atoms with Crippen molar-refractivity contribution in [2.45, 2.75) is 20.5 Å². The Kier molecular flexibility index (Phi) is 3.39. The standard InChI is InChI=1S/C16H15N3O2/c1-10-5-3-7-13(11(10)2)21-9-14-18-15-12(16(20)19-14)6-4-8-17-15/h3-8H,9H2,1-2H3,(H,17,18,19,20). The fourth-order valence-corrected chi connectivity index (χ4v) is 2.11. The van der Waals surface area contributed by atoms with Crippen LogP contribution in [0.15, 0.2) is 41.3 Å². The van der Waals surface area contributed by atoms with Gasteiger partial charge in [0.2, 0.25) is 0 Å². The summed E-state index contributed by atoms with van der Waals surface area (Å²) in [4.78, 5) is 23.1. The number of benzene rings is 1. The van der Waals surface area contributed by atoms with Crippen LogP contribution in [0, 0.1) is 13.8 Å². The van der Waals surface area contributed by atoms with Crippen molar-refractivity contribution in [1.82, 2.24) is 15.0 Å². The van der Waals surface area contributed by atoms with E-state index >= 15 is 0 Å².